The number of nitrogens with zero attached hydrogens (tertiary/aromatic N) is 3. The third-order valence-corrected chi connectivity index (χ3v) is 5.31. The zero-order chi connectivity index (χ0) is 17.8. The molecule has 0 amide bonds. The second-order valence-electron chi connectivity index (χ2n) is 7.20. The maximum absolute atomic E-state index is 13.9. The third-order valence-electron chi connectivity index (χ3n) is 5.31. The molecule has 0 radical (unpaired) electrons. The van der Waals surface area contributed by atoms with E-state index in [1.165, 1.54) is 10.6 Å². The predicted molar refractivity (Wildman–Crippen MR) is 92.0 cm³/mol. The van der Waals surface area contributed by atoms with Crippen LogP contribution >= 0.6 is 0 Å². The van der Waals surface area contributed by atoms with Crippen LogP contribution < -0.4 is 5.56 Å². The number of benzene rings is 1. The molecule has 1 saturated carbocycles. The second kappa shape index (κ2) is 5.74. The van der Waals surface area contributed by atoms with Gasteiger partial charge in [-0.3, -0.25) is 14.8 Å². The van der Waals surface area contributed by atoms with Crippen molar-refractivity contribution in [1.82, 2.24) is 19.5 Å². The van der Waals surface area contributed by atoms with Gasteiger partial charge in [0.25, 0.3) is 5.56 Å². The van der Waals surface area contributed by atoms with Gasteiger partial charge in [0, 0.05) is 48.4 Å². The first-order chi connectivity index (χ1) is 12.6. The molecule has 3 aromatic rings. The van der Waals surface area contributed by atoms with Gasteiger partial charge in [0.15, 0.2) is 17.3 Å². The molecule has 0 unspecified atom stereocenters. The lowest BCUT2D eigenvalue weighted by molar-refractivity contribution is 0.236. The van der Waals surface area contributed by atoms with Gasteiger partial charge in [-0.25, -0.2) is 18.3 Å². The molecule has 5 nitrogen and oxygen atoms in total. The lowest BCUT2D eigenvalue weighted by Gasteiger charge is -2.27. The second-order valence-corrected chi connectivity index (χ2v) is 7.20. The van der Waals surface area contributed by atoms with Crippen LogP contribution in [0, 0.1) is 11.6 Å². The molecule has 2 aliphatic rings. The van der Waals surface area contributed by atoms with E-state index in [0.29, 0.717) is 48.7 Å². The van der Waals surface area contributed by atoms with Crippen LogP contribution in [0.3, 0.4) is 0 Å². The quantitative estimate of drug-likeness (QED) is 0.785. The Morgan fingerprint density at radius 3 is 2.92 bits per heavy atom. The summed E-state index contributed by atoms with van der Waals surface area (Å²) in [5, 5.41) is 3.18. The van der Waals surface area contributed by atoms with E-state index in [9.17, 15) is 13.6 Å². The highest BCUT2D eigenvalue weighted by Crippen LogP contribution is 2.39. The van der Waals surface area contributed by atoms with Crippen molar-refractivity contribution < 1.29 is 8.78 Å². The van der Waals surface area contributed by atoms with E-state index < -0.39 is 11.6 Å². The van der Waals surface area contributed by atoms with Crippen LogP contribution in [0.5, 0.6) is 0 Å². The summed E-state index contributed by atoms with van der Waals surface area (Å²) in [4.78, 5) is 19.4. The van der Waals surface area contributed by atoms with Crippen LogP contribution in [0.4, 0.5) is 8.78 Å². The molecule has 5 rings (SSSR count). The molecule has 1 aromatic carbocycles. The highest BCUT2D eigenvalue weighted by atomic mass is 19.2. The monoisotopic (exact) mass is 356 g/mol. The average molecular weight is 356 g/mol. The van der Waals surface area contributed by atoms with Crippen molar-refractivity contribution in [2.24, 2.45) is 0 Å². The van der Waals surface area contributed by atoms with E-state index in [-0.39, 0.29) is 5.56 Å². The number of aromatic amines is 1. The van der Waals surface area contributed by atoms with Crippen molar-refractivity contribution >= 4 is 5.65 Å². The first-order valence-corrected chi connectivity index (χ1v) is 8.89. The third kappa shape index (κ3) is 2.54. The van der Waals surface area contributed by atoms with Crippen LogP contribution in [0.2, 0.25) is 0 Å². The van der Waals surface area contributed by atoms with Crippen molar-refractivity contribution in [2.45, 2.75) is 38.3 Å². The van der Waals surface area contributed by atoms with Crippen molar-refractivity contribution in [3.63, 3.8) is 0 Å². The van der Waals surface area contributed by atoms with Crippen molar-refractivity contribution in [3.8, 4) is 0 Å². The topological polar surface area (TPSA) is 53.4 Å². The molecule has 7 heteroatoms. The summed E-state index contributed by atoms with van der Waals surface area (Å²) in [7, 11) is 0. The number of hydrogen-bond acceptors (Lipinski definition) is 3. The fourth-order valence-electron chi connectivity index (χ4n) is 3.72. The highest BCUT2D eigenvalue weighted by molar-refractivity contribution is 5.44. The Kier molecular flexibility index (Phi) is 3.46. The Bertz CT molecular complexity index is 1070. The van der Waals surface area contributed by atoms with Crippen LogP contribution in [0.15, 0.2) is 29.1 Å². The lowest BCUT2D eigenvalue weighted by Crippen LogP contribution is -2.36. The molecule has 1 aliphatic heterocycles. The van der Waals surface area contributed by atoms with Crippen LogP contribution in [0.1, 0.15) is 41.3 Å². The van der Waals surface area contributed by atoms with Gasteiger partial charge in [-0.2, -0.15) is 0 Å². The molecule has 1 N–H and O–H groups in total. The fourth-order valence-corrected chi connectivity index (χ4v) is 3.72. The largest absolute Gasteiger partial charge is 0.293 e. The summed E-state index contributed by atoms with van der Waals surface area (Å²) in [5.74, 6) is -1.13. The highest BCUT2D eigenvalue weighted by Gasteiger charge is 2.28. The van der Waals surface area contributed by atoms with Crippen molar-refractivity contribution in [2.75, 3.05) is 6.54 Å². The molecular weight excluding hydrogens is 338 g/mol. The van der Waals surface area contributed by atoms with Gasteiger partial charge >= 0.3 is 0 Å². The van der Waals surface area contributed by atoms with Gasteiger partial charge in [-0.05, 0) is 25.3 Å². The maximum Gasteiger partial charge on any atom is 0.276 e. The number of halogens is 2. The number of H-pyrrole nitrogens is 1. The minimum atomic E-state index is -0.835. The number of nitrogens with one attached hydrogen (secondary N) is 1. The first kappa shape index (κ1) is 15.7. The van der Waals surface area contributed by atoms with Crippen LogP contribution in [-0.2, 0) is 19.5 Å². The Hall–Kier alpha value is -2.54. The molecule has 1 aliphatic carbocycles. The fraction of sp³-hybridized carbons (Fsp3) is 0.368. The molecule has 1 fully saturated rings. The lowest BCUT2D eigenvalue weighted by atomic mass is 10.1. The minimum Gasteiger partial charge on any atom is -0.293 e. The van der Waals surface area contributed by atoms with Crippen molar-refractivity contribution in [1.29, 1.82) is 0 Å². The summed E-state index contributed by atoms with van der Waals surface area (Å²) in [5.41, 5.74) is 3.42. The smallest absolute Gasteiger partial charge is 0.276 e. The maximum atomic E-state index is 13.9. The van der Waals surface area contributed by atoms with E-state index in [4.69, 9.17) is 0 Å². The SMILES string of the molecule is O=c1c2c(nc3cc(C4CC4)[nH]n13)CN(Cc1cccc(F)c1F)CC2. The summed E-state index contributed by atoms with van der Waals surface area (Å²) in [6.45, 7) is 1.37. The predicted octanol–water partition coefficient (Wildman–Crippen LogP) is 2.74. The van der Waals surface area contributed by atoms with Gasteiger partial charge < -0.3 is 0 Å². The van der Waals surface area contributed by atoms with Crippen molar-refractivity contribution in [3.05, 3.63) is 68.8 Å². The van der Waals surface area contributed by atoms with Gasteiger partial charge in [-0.1, -0.05) is 12.1 Å². The zero-order valence-corrected chi connectivity index (χ0v) is 14.1. The van der Waals surface area contributed by atoms with Gasteiger partial charge in [0.05, 0.1) is 5.69 Å². The molecule has 0 saturated heterocycles. The van der Waals surface area contributed by atoms with E-state index in [0.717, 1.165) is 30.3 Å². The number of aromatic nitrogens is 3. The van der Waals surface area contributed by atoms with Crippen LogP contribution in [-0.4, -0.2) is 26.0 Å². The number of hydrogen-bond donors (Lipinski definition) is 1. The van der Waals surface area contributed by atoms with Gasteiger partial charge in [-0.15, -0.1) is 0 Å². The number of fused-ring (bicyclic) bond motifs is 2. The summed E-state index contributed by atoms with van der Waals surface area (Å²) in [6, 6.07) is 6.17. The molecular formula is C19H18F2N4O. The molecule has 3 heterocycles. The Morgan fingerprint density at radius 2 is 2.12 bits per heavy atom. The number of rotatable bonds is 3. The van der Waals surface area contributed by atoms with Gasteiger partial charge in [0.2, 0.25) is 0 Å². The molecule has 0 bridgehead atoms. The molecule has 134 valence electrons. The molecule has 2 aromatic heterocycles. The zero-order valence-electron chi connectivity index (χ0n) is 14.1. The average Bonchev–Trinajstić information content (AvgIpc) is 3.39. The van der Waals surface area contributed by atoms with Gasteiger partial charge in [0.1, 0.15) is 0 Å². The summed E-state index contributed by atoms with van der Waals surface area (Å²) < 4.78 is 28.9. The van der Waals surface area contributed by atoms with E-state index >= 15 is 0 Å². The van der Waals surface area contributed by atoms with Crippen LogP contribution in [0.25, 0.3) is 5.65 Å². The molecule has 0 atom stereocenters. The Morgan fingerprint density at radius 1 is 1.27 bits per heavy atom. The normalized spacial score (nSPS) is 17.6. The standard InChI is InChI=1S/C19H18F2N4O/c20-14-3-1-2-12(18(14)21)9-24-7-6-13-16(10-24)22-17-8-15(11-4-5-11)23-25(17)19(13)26/h1-3,8,11,23H,4-7,9-10H2. The molecule has 0 spiro atoms. The van der Waals surface area contributed by atoms with E-state index in [2.05, 4.69) is 10.1 Å². The minimum absolute atomic E-state index is 0.0477. The summed E-state index contributed by atoms with van der Waals surface area (Å²) >= 11 is 0. The Labute approximate surface area is 148 Å². The molecule has 26 heavy (non-hydrogen) atoms. The Balaban J connectivity index is 1.46. The first-order valence-electron chi connectivity index (χ1n) is 8.89. The van der Waals surface area contributed by atoms with E-state index in [1.807, 2.05) is 11.0 Å². The summed E-state index contributed by atoms with van der Waals surface area (Å²) in [6.07, 6.45) is 2.85. The van der Waals surface area contributed by atoms with E-state index in [1.54, 1.807) is 6.07 Å².